The van der Waals surface area contributed by atoms with Crippen molar-refractivity contribution in [1.29, 1.82) is 0 Å². The largest absolute Gasteiger partial charge is 0.472 e. The summed E-state index contributed by atoms with van der Waals surface area (Å²) in [6.45, 7) is 3.26. The molecule has 0 aromatic rings. The Morgan fingerprint density at radius 1 is 0.477 bits per heavy atom. The molecule has 8 atom stereocenters. The highest BCUT2D eigenvalue weighted by Gasteiger charge is 2.51. The van der Waals surface area contributed by atoms with Crippen LogP contribution in [-0.2, 0) is 32.7 Å². The molecule has 0 saturated heterocycles. The molecule has 0 aromatic carbocycles. The molecule has 1 rings (SSSR count). The molecule has 0 heterocycles. The van der Waals surface area contributed by atoms with Gasteiger partial charge < -0.3 is 39.9 Å². The first-order valence-electron chi connectivity index (χ1n) is 25.4. The topological polar surface area (TPSA) is 210 Å². The van der Waals surface area contributed by atoms with Crippen LogP contribution >= 0.6 is 7.82 Å². The molecule has 1 aliphatic carbocycles. The number of rotatable bonds is 42. The SMILES string of the molecule is CCCCC/C=C/C/C=C/CCCCCCCCCCCC(=O)O[C@H](COC(=O)CCCCCCCCC/C=C/C/C=C/CCCCC)COP(=O)(O)OC1C(O)C(O)C(O)[C@@H](O)C1O. The highest BCUT2D eigenvalue weighted by molar-refractivity contribution is 7.47. The van der Waals surface area contributed by atoms with Gasteiger partial charge >= 0.3 is 19.8 Å². The standard InChI is InChI=1S/C51H91O13P/c1-3-5-7-9-11-13-15-17-19-21-22-24-26-28-30-32-34-36-38-40-45(53)63-43(42-62-65(59,60)64-51-49(57)47(55)46(54)48(56)50(51)58)41-61-44(52)39-37-35-33-31-29-27-25-23-20-18-16-14-12-10-8-6-4-2/h11-14,17-20,43,46-51,54-58H,3-10,15-16,21-42H2,1-2H3,(H,59,60)/b13-11+,14-12+,19-17+,20-18+/t43-,46?,47-,48?,49?,50?,51?/m1/s1. The number of phosphoric acid groups is 1. The maximum absolute atomic E-state index is 12.8. The van der Waals surface area contributed by atoms with Crippen molar-refractivity contribution in [3.8, 4) is 0 Å². The number of carbonyl (C=O) groups excluding carboxylic acids is 2. The number of carbonyl (C=O) groups is 2. The molecule has 1 saturated carbocycles. The van der Waals surface area contributed by atoms with Crippen LogP contribution in [0, 0.1) is 0 Å². The van der Waals surface area contributed by atoms with Crippen molar-refractivity contribution in [3.05, 3.63) is 48.6 Å². The minimum absolute atomic E-state index is 0.0893. The fourth-order valence-corrected chi connectivity index (χ4v) is 8.50. The molecule has 6 N–H and O–H groups in total. The van der Waals surface area contributed by atoms with Crippen LogP contribution in [0.3, 0.4) is 0 Å². The van der Waals surface area contributed by atoms with Gasteiger partial charge in [0.05, 0.1) is 6.61 Å². The summed E-state index contributed by atoms with van der Waals surface area (Å²) in [7, 11) is -5.13. The van der Waals surface area contributed by atoms with E-state index < -0.39 is 75.7 Å². The third kappa shape index (κ3) is 33.0. The van der Waals surface area contributed by atoms with E-state index in [0.717, 1.165) is 83.5 Å². The van der Waals surface area contributed by atoms with E-state index in [4.69, 9.17) is 18.5 Å². The van der Waals surface area contributed by atoms with Gasteiger partial charge in [0.2, 0.25) is 0 Å². The molecule has 0 aromatic heterocycles. The predicted molar refractivity (Wildman–Crippen MR) is 258 cm³/mol. The summed E-state index contributed by atoms with van der Waals surface area (Å²) in [5, 5.41) is 50.3. The van der Waals surface area contributed by atoms with E-state index >= 15 is 0 Å². The van der Waals surface area contributed by atoms with Gasteiger partial charge in [-0.2, -0.15) is 0 Å². The van der Waals surface area contributed by atoms with Crippen molar-refractivity contribution in [2.45, 2.75) is 249 Å². The van der Waals surface area contributed by atoms with Crippen molar-refractivity contribution in [1.82, 2.24) is 0 Å². The number of aliphatic hydroxyl groups is 5. The van der Waals surface area contributed by atoms with Crippen molar-refractivity contribution < 1.29 is 63.1 Å². The summed E-state index contributed by atoms with van der Waals surface area (Å²) in [6, 6.07) is 0. The molecule has 0 bridgehead atoms. The van der Waals surface area contributed by atoms with Gasteiger partial charge in [0.25, 0.3) is 0 Å². The van der Waals surface area contributed by atoms with E-state index in [9.17, 15) is 44.6 Å². The first-order chi connectivity index (χ1) is 31.4. The predicted octanol–water partition coefficient (Wildman–Crippen LogP) is 10.7. The zero-order valence-corrected chi connectivity index (χ0v) is 41.2. The van der Waals surface area contributed by atoms with E-state index in [1.165, 1.54) is 83.5 Å². The average Bonchev–Trinajstić information content (AvgIpc) is 3.29. The summed E-state index contributed by atoms with van der Waals surface area (Å²) in [5.41, 5.74) is 0. The van der Waals surface area contributed by atoms with Gasteiger partial charge in [0.15, 0.2) is 6.10 Å². The summed E-state index contributed by atoms with van der Waals surface area (Å²) >= 11 is 0. The Morgan fingerprint density at radius 3 is 1.25 bits per heavy atom. The molecule has 0 aliphatic heterocycles. The van der Waals surface area contributed by atoms with Crippen LogP contribution < -0.4 is 0 Å². The molecule has 1 aliphatic rings. The number of aliphatic hydroxyl groups excluding tert-OH is 5. The summed E-state index contributed by atoms with van der Waals surface area (Å²) in [5.74, 6) is -1.11. The maximum atomic E-state index is 12.8. The molecule has 0 amide bonds. The summed E-state index contributed by atoms with van der Waals surface area (Å²) in [4.78, 5) is 35.8. The van der Waals surface area contributed by atoms with Crippen LogP contribution in [0.5, 0.6) is 0 Å². The molecule has 13 nitrogen and oxygen atoms in total. The number of phosphoric ester groups is 1. The lowest BCUT2D eigenvalue weighted by atomic mass is 9.85. The molecular weight excluding hydrogens is 852 g/mol. The molecule has 0 spiro atoms. The first-order valence-corrected chi connectivity index (χ1v) is 26.9. The third-order valence-corrected chi connectivity index (χ3v) is 12.6. The van der Waals surface area contributed by atoms with E-state index in [2.05, 4.69) is 62.5 Å². The van der Waals surface area contributed by atoms with Crippen LogP contribution in [0.4, 0.5) is 0 Å². The molecule has 14 heteroatoms. The number of esters is 2. The van der Waals surface area contributed by atoms with Crippen molar-refractivity contribution in [3.63, 3.8) is 0 Å². The molecular formula is C51H91O13P. The minimum Gasteiger partial charge on any atom is -0.462 e. The van der Waals surface area contributed by atoms with Gasteiger partial charge in [-0.05, 0) is 77.0 Å². The fourth-order valence-electron chi connectivity index (χ4n) is 7.52. The third-order valence-electron chi connectivity index (χ3n) is 11.6. The number of ether oxygens (including phenoxy) is 2. The lowest BCUT2D eigenvalue weighted by Crippen LogP contribution is -2.64. The zero-order valence-electron chi connectivity index (χ0n) is 40.3. The van der Waals surface area contributed by atoms with Crippen molar-refractivity contribution in [2.24, 2.45) is 0 Å². The van der Waals surface area contributed by atoms with Gasteiger partial charge in [-0.15, -0.1) is 0 Å². The highest BCUT2D eigenvalue weighted by atomic mass is 31.2. The summed E-state index contributed by atoms with van der Waals surface area (Å²) in [6.07, 6.45) is 35.8. The first kappa shape index (κ1) is 60.8. The van der Waals surface area contributed by atoms with Gasteiger partial charge in [0.1, 0.15) is 43.2 Å². The zero-order chi connectivity index (χ0) is 47.8. The van der Waals surface area contributed by atoms with E-state index in [-0.39, 0.29) is 12.8 Å². The van der Waals surface area contributed by atoms with Crippen LogP contribution in [0.25, 0.3) is 0 Å². The molecule has 378 valence electrons. The van der Waals surface area contributed by atoms with Gasteiger partial charge in [-0.25, -0.2) is 4.57 Å². The highest BCUT2D eigenvalue weighted by Crippen LogP contribution is 2.47. The fraction of sp³-hybridized carbons (Fsp3) is 0.804. The van der Waals surface area contributed by atoms with Crippen molar-refractivity contribution in [2.75, 3.05) is 13.2 Å². The normalized spacial score (nSPS) is 21.8. The van der Waals surface area contributed by atoms with Crippen LogP contribution in [0.1, 0.15) is 206 Å². The Hall–Kier alpha value is -2.19. The Balaban J connectivity index is 2.42. The van der Waals surface area contributed by atoms with Crippen molar-refractivity contribution >= 4 is 19.8 Å². The Bertz CT molecular complexity index is 1320. The van der Waals surface area contributed by atoms with Crippen LogP contribution in [0.15, 0.2) is 48.6 Å². The van der Waals surface area contributed by atoms with Gasteiger partial charge in [-0.1, -0.05) is 165 Å². The summed E-state index contributed by atoms with van der Waals surface area (Å²) < 4.78 is 33.6. The number of allylic oxidation sites excluding steroid dienone is 8. The van der Waals surface area contributed by atoms with Crippen LogP contribution in [-0.4, -0.2) is 98.3 Å². The smallest absolute Gasteiger partial charge is 0.462 e. The van der Waals surface area contributed by atoms with Gasteiger partial charge in [0, 0.05) is 12.8 Å². The monoisotopic (exact) mass is 943 g/mol. The maximum Gasteiger partial charge on any atom is 0.472 e. The lowest BCUT2D eigenvalue weighted by Gasteiger charge is -2.41. The minimum atomic E-state index is -5.13. The lowest BCUT2D eigenvalue weighted by molar-refractivity contribution is -0.220. The molecule has 0 radical (unpaired) electrons. The molecule has 6 unspecified atom stereocenters. The molecule has 1 fully saturated rings. The Morgan fingerprint density at radius 2 is 0.831 bits per heavy atom. The van der Waals surface area contributed by atoms with E-state index in [0.29, 0.717) is 12.8 Å². The van der Waals surface area contributed by atoms with Gasteiger partial charge in [-0.3, -0.25) is 18.6 Å². The average molecular weight is 943 g/mol. The Labute approximate surface area is 392 Å². The van der Waals surface area contributed by atoms with E-state index in [1.54, 1.807) is 0 Å². The quantitative estimate of drug-likeness (QED) is 0.0146. The Kier molecular flexibility index (Phi) is 38.2. The number of unbranched alkanes of at least 4 members (excludes halogenated alkanes) is 22. The second-order valence-electron chi connectivity index (χ2n) is 17.7. The van der Waals surface area contributed by atoms with Crippen LogP contribution in [0.2, 0.25) is 0 Å². The second kappa shape index (κ2) is 40.8. The molecule has 65 heavy (non-hydrogen) atoms. The number of hydrogen-bond acceptors (Lipinski definition) is 12. The second-order valence-corrected chi connectivity index (χ2v) is 19.1. The van der Waals surface area contributed by atoms with E-state index in [1.807, 2.05) is 0 Å². The number of hydrogen-bond donors (Lipinski definition) is 6.